The minimum Gasteiger partial charge on any atom is -0.476 e. The minimum atomic E-state index is -0.317. The lowest BCUT2D eigenvalue weighted by atomic mass is 10.2. The summed E-state index contributed by atoms with van der Waals surface area (Å²) >= 11 is 0. The van der Waals surface area contributed by atoms with Gasteiger partial charge in [-0.3, -0.25) is 0 Å². The first kappa shape index (κ1) is 14.0. The Balaban J connectivity index is 2.24. The molecule has 0 atom stereocenters. The predicted molar refractivity (Wildman–Crippen MR) is 76.7 cm³/mol. The van der Waals surface area contributed by atoms with E-state index in [0.717, 1.165) is 12.0 Å². The lowest BCUT2D eigenvalue weighted by Crippen LogP contribution is -2.06. The van der Waals surface area contributed by atoms with Crippen LogP contribution in [0.4, 0.5) is 21.6 Å². The zero-order valence-corrected chi connectivity index (χ0v) is 11.5. The van der Waals surface area contributed by atoms with Crippen molar-refractivity contribution in [3.05, 3.63) is 35.9 Å². The molecular weight excluding hydrogens is 259 g/mol. The van der Waals surface area contributed by atoms with Crippen molar-refractivity contribution in [2.75, 3.05) is 17.7 Å². The van der Waals surface area contributed by atoms with Crippen molar-refractivity contribution >= 4 is 17.2 Å². The van der Waals surface area contributed by atoms with Gasteiger partial charge < -0.3 is 15.8 Å². The van der Waals surface area contributed by atoms with E-state index in [1.165, 1.54) is 18.5 Å². The number of nitrogens with zero attached hydrogens (tertiary/aromatic N) is 2. The largest absolute Gasteiger partial charge is 0.476 e. The zero-order chi connectivity index (χ0) is 14.5. The number of hydrogen-bond donors (Lipinski definition) is 2. The molecule has 6 heteroatoms. The number of ether oxygens (including phenoxy) is 1. The molecule has 3 N–H and O–H groups in total. The van der Waals surface area contributed by atoms with E-state index in [4.69, 9.17) is 10.5 Å². The molecule has 0 aliphatic carbocycles. The highest BCUT2D eigenvalue weighted by Crippen LogP contribution is 2.28. The van der Waals surface area contributed by atoms with Crippen LogP contribution in [-0.4, -0.2) is 16.6 Å². The number of nitrogen functional groups attached to an aromatic ring is 1. The number of halogens is 1. The van der Waals surface area contributed by atoms with Gasteiger partial charge in [0, 0.05) is 5.69 Å². The summed E-state index contributed by atoms with van der Waals surface area (Å²) < 4.78 is 18.8. The summed E-state index contributed by atoms with van der Waals surface area (Å²) in [5.41, 5.74) is 7.64. The van der Waals surface area contributed by atoms with Crippen LogP contribution < -0.4 is 15.8 Å². The number of hydrogen-bond acceptors (Lipinski definition) is 5. The monoisotopic (exact) mass is 276 g/mol. The second-order valence-corrected chi connectivity index (χ2v) is 4.43. The molecule has 0 bridgehead atoms. The molecule has 0 amide bonds. The summed E-state index contributed by atoms with van der Waals surface area (Å²) in [6.07, 6.45) is 2.21. The van der Waals surface area contributed by atoms with E-state index in [9.17, 15) is 4.39 Å². The van der Waals surface area contributed by atoms with E-state index >= 15 is 0 Å². The van der Waals surface area contributed by atoms with Gasteiger partial charge in [0.05, 0.1) is 6.61 Å². The Hall–Kier alpha value is -2.37. The van der Waals surface area contributed by atoms with Crippen LogP contribution >= 0.6 is 0 Å². The lowest BCUT2D eigenvalue weighted by Gasteiger charge is -2.12. The maximum Gasteiger partial charge on any atom is 0.242 e. The van der Waals surface area contributed by atoms with Crippen molar-refractivity contribution in [2.24, 2.45) is 0 Å². The summed E-state index contributed by atoms with van der Waals surface area (Å²) in [7, 11) is 0. The van der Waals surface area contributed by atoms with E-state index < -0.39 is 0 Å². The summed E-state index contributed by atoms with van der Waals surface area (Å²) in [6.45, 7) is 4.33. The molecule has 1 aromatic heterocycles. The van der Waals surface area contributed by atoms with Crippen LogP contribution in [0.2, 0.25) is 0 Å². The maximum atomic E-state index is 13.3. The lowest BCUT2D eigenvalue weighted by molar-refractivity contribution is 0.307. The first-order valence-electron chi connectivity index (χ1n) is 6.37. The molecule has 0 aliphatic rings. The van der Waals surface area contributed by atoms with Gasteiger partial charge in [0.1, 0.15) is 17.8 Å². The third-order valence-electron chi connectivity index (χ3n) is 2.60. The fourth-order valence-corrected chi connectivity index (χ4v) is 1.74. The molecule has 2 rings (SSSR count). The van der Waals surface area contributed by atoms with Gasteiger partial charge in [0.2, 0.25) is 5.88 Å². The molecule has 0 saturated heterocycles. The number of nitrogens with two attached hydrogens (primary N) is 1. The van der Waals surface area contributed by atoms with Crippen LogP contribution in [0.1, 0.15) is 18.9 Å². The molecule has 1 aromatic carbocycles. The van der Waals surface area contributed by atoms with E-state index in [1.54, 1.807) is 6.07 Å². The molecule has 1 heterocycles. The fourth-order valence-electron chi connectivity index (χ4n) is 1.74. The van der Waals surface area contributed by atoms with Gasteiger partial charge in [-0.25, -0.2) is 9.37 Å². The molecule has 0 fully saturated rings. The first-order chi connectivity index (χ1) is 9.60. The molecule has 2 aromatic rings. The van der Waals surface area contributed by atoms with Crippen molar-refractivity contribution in [1.29, 1.82) is 0 Å². The van der Waals surface area contributed by atoms with Gasteiger partial charge in [-0.15, -0.1) is 0 Å². The van der Waals surface area contributed by atoms with Crippen molar-refractivity contribution in [1.82, 2.24) is 9.97 Å². The van der Waals surface area contributed by atoms with Gasteiger partial charge in [0.25, 0.3) is 0 Å². The van der Waals surface area contributed by atoms with E-state index in [0.29, 0.717) is 29.7 Å². The number of benzene rings is 1. The molecule has 0 radical (unpaired) electrons. The number of rotatable bonds is 5. The maximum absolute atomic E-state index is 13.3. The third-order valence-corrected chi connectivity index (χ3v) is 2.60. The Bertz CT molecular complexity index is 583. The van der Waals surface area contributed by atoms with Crippen molar-refractivity contribution in [3.8, 4) is 5.88 Å². The van der Waals surface area contributed by atoms with Crippen LogP contribution in [0.3, 0.4) is 0 Å². The topological polar surface area (TPSA) is 73.1 Å². The smallest absolute Gasteiger partial charge is 0.242 e. The Morgan fingerprint density at radius 2 is 2.10 bits per heavy atom. The van der Waals surface area contributed by atoms with Gasteiger partial charge in [-0.05, 0) is 37.1 Å². The molecule has 0 aliphatic heterocycles. The van der Waals surface area contributed by atoms with E-state index in [-0.39, 0.29) is 5.82 Å². The van der Waals surface area contributed by atoms with Crippen molar-refractivity contribution < 1.29 is 9.13 Å². The number of aromatic nitrogens is 2. The SMILES string of the molecule is CCCOc1ncnc(Nc2cc(C)cc(F)c2)c1N. The van der Waals surface area contributed by atoms with Crippen LogP contribution in [-0.2, 0) is 0 Å². The molecule has 5 nitrogen and oxygen atoms in total. The van der Waals surface area contributed by atoms with Crippen LogP contribution in [0.15, 0.2) is 24.5 Å². The summed E-state index contributed by atoms with van der Waals surface area (Å²) in [5, 5.41) is 2.97. The van der Waals surface area contributed by atoms with Crippen molar-refractivity contribution in [2.45, 2.75) is 20.3 Å². The van der Waals surface area contributed by atoms with Gasteiger partial charge in [0.15, 0.2) is 5.82 Å². The molecular formula is C14H17FN4O. The van der Waals surface area contributed by atoms with E-state index in [1.807, 2.05) is 13.8 Å². The third kappa shape index (κ3) is 3.34. The number of anilines is 3. The summed E-state index contributed by atoms with van der Waals surface area (Å²) in [6, 6.07) is 4.63. The highest BCUT2D eigenvalue weighted by molar-refractivity contribution is 5.72. The number of nitrogens with one attached hydrogen (secondary N) is 1. The van der Waals surface area contributed by atoms with Crippen molar-refractivity contribution in [3.63, 3.8) is 0 Å². The Morgan fingerprint density at radius 1 is 1.30 bits per heavy atom. The highest BCUT2D eigenvalue weighted by atomic mass is 19.1. The van der Waals surface area contributed by atoms with Crippen LogP contribution in [0, 0.1) is 12.7 Å². The molecule has 0 spiro atoms. The first-order valence-corrected chi connectivity index (χ1v) is 6.37. The average molecular weight is 276 g/mol. The Labute approximate surface area is 117 Å². The second-order valence-electron chi connectivity index (χ2n) is 4.43. The Kier molecular flexibility index (Phi) is 4.34. The van der Waals surface area contributed by atoms with E-state index in [2.05, 4.69) is 15.3 Å². The quantitative estimate of drug-likeness (QED) is 0.878. The second kappa shape index (κ2) is 6.18. The average Bonchev–Trinajstić information content (AvgIpc) is 2.38. The standard InChI is InChI=1S/C14H17FN4O/c1-3-4-20-14-12(16)13(17-8-18-14)19-11-6-9(2)5-10(15)7-11/h5-8H,3-4,16H2,1-2H3,(H,17,18,19). The summed E-state index contributed by atoms with van der Waals surface area (Å²) in [4.78, 5) is 8.03. The van der Waals surface area contributed by atoms with Crippen LogP contribution in [0.5, 0.6) is 5.88 Å². The molecule has 0 unspecified atom stereocenters. The predicted octanol–water partition coefficient (Wildman–Crippen LogP) is 3.04. The van der Waals surface area contributed by atoms with Crippen LogP contribution in [0.25, 0.3) is 0 Å². The highest BCUT2D eigenvalue weighted by Gasteiger charge is 2.10. The summed E-state index contributed by atoms with van der Waals surface area (Å²) in [5.74, 6) is 0.413. The van der Waals surface area contributed by atoms with Gasteiger partial charge >= 0.3 is 0 Å². The molecule has 0 saturated carbocycles. The Morgan fingerprint density at radius 3 is 2.80 bits per heavy atom. The van der Waals surface area contributed by atoms with Gasteiger partial charge in [-0.1, -0.05) is 6.92 Å². The minimum absolute atomic E-state index is 0.308. The fraction of sp³-hybridized carbons (Fsp3) is 0.286. The molecule has 20 heavy (non-hydrogen) atoms. The van der Waals surface area contributed by atoms with Gasteiger partial charge in [-0.2, -0.15) is 4.98 Å². The molecule has 106 valence electrons. The normalized spacial score (nSPS) is 10.3. The zero-order valence-electron chi connectivity index (χ0n) is 11.5. The number of aryl methyl sites for hydroxylation is 1.